The summed E-state index contributed by atoms with van der Waals surface area (Å²) in [6.07, 6.45) is 0. The molecule has 0 saturated heterocycles. The van der Waals surface area contributed by atoms with Crippen molar-refractivity contribution in [2.24, 2.45) is 0 Å². The van der Waals surface area contributed by atoms with Crippen LogP contribution in [-0.4, -0.2) is 29.9 Å². The molecule has 9 heteroatoms. The summed E-state index contributed by atoms with van der Waals surface area (Å²) in [7, 11) is -3.62. The Morgan fingerprint density at radius 1 is 1.15 bits per heavy atom. The van der Waals surface area contributed by atoms with Crippen LogP contribution in [0.2, 0.25) is 0 Å². The Labute approximate surface area is 156 Å². The van der Waals surface area contributed by atoms with E-state index in [9.17, 15) is 13.2 Å². The topological polar surface area (TPSA) is 107 Å². The third kappa shape index (κ3) is 3.56. The lowest BCUT2D eigenvalue weighted by atomic mass is 10.1. The van der Waals surface area contributed by atoms with Crippen LogP contribution in [0.4, 0.5) is 0 Å². The largest absolute Gasteiger partial charge is 0.359 e. The van der Waals surface area contributed by atoms with Crippen LogP contribution in [0.5, 0.6) is 0 Å². The zero-order chi connectivity index (χ0) is 19.8. The van der Waals surface area contributed by atoms with Gasteiger partial charge in [-0.25, -0.2) is 13.1 Å². The number of aromatic nitrogens is 3. The normalized spacial score (nSPS) is 11.7. The first-order valence-corrected chi connectivity index (χ1v) is 9.87. The summed E-state index contributed by atoms with van der Waals surface area (Å²) < 4.78 is 33.7. The van der Waals surface area contributed by atoms with Crippen LogP contribution in [0.15, 0.2) is 44.5 Å². The van der Waals surface area contributed by atoms with Gasteiger partial charge in [0.25, 0.3) is 5.56 Å². The Kier molecular flexibility index (Phi) is 4.99. The van der Waals surface area contributed by atoms with Gasteiger partial charge in [0.05, 0.1) is 10.6 Å². The molecule has 0 spiro atoms. The highest BCUT2D eigenvalue weighted by Gasteiger charge is 2.18. The van der Waals surface area contributed by atoms with Gasteiger partial charge in [-0.3, -0.25) is 4.79 Å². The van der Waals surface area contributed by atoms with E-state index in [2.05, 4.69) is 15.0 Å². The minimum Gasteiger partial charge on any atom is -0.359 e. The van der Waals surface area contributed by atoms with Gasteiger partial charge in [-0.1, -0.05) is 24.2 Å². The molecule has 0 radical (unpaired) electrons. The number of benzene rings is 1. The van der Waals surface area contributed by atoms with Gasteiger partial charge in [-0.2, -0.15) is 9.78 Å². The molecule has 2 heterocycles. The molecule has 142 valence electrons. The number of sulfonamides is 1. The Morgan fingerprint density at radius 2 is 1.89 bits per heavy atom. The lowest BCUT2D eigenvalue weighted by Gasteiger charge is -2.11. The maximum Gasteiger partial charge on any atom is 0.271 e. The minimum absolute atomic E-state index is 0.179. The van der Waals surface area contributed by atoms with Gasteiger partial charge in [0, 0.05) is 18.2 Å². The standard InChI is InChI=1S/C18H20N4O4S/c1-5-19-27(24,25)16-10-14(7-6-11(16)2)15-8-9-17(23)22(20-15)18-12(3)21-26-13(18)4/h6-10,19H,5H2,1-4H3. The van der Waals surface area contributed by atoms with E-state index < -0.39 is 10.0 Å². The first-order valence-electron chi connectivity index (χ1n) is 8.39. The van der Waals surface area contributed by atoms with E-state index in [1.807, 2.05) is 0 Å². The molecule has 0 aliphatic heterocycles. The monoisotopic (exact) mass is 388 g/mol. The Morgan fingerprint density at radius 3 is 2.52 bits per heavy atom. The fourth-order valence-electron chi connectivity index (χ4n) is 2.82. The van der Waals surface area contributed by atoms with Gasteiger partial charge in [-0.15, -0.1) is 0 Å². The number of hydrogen-bond acceptors (Lipinski definition) is 6. The van der Waals surface area contributed by atoms with Gasteiger partial charge < -0.3 is 4.52 Å². The molecule has 0 aliphatic carbocycles. The van der Waals surface area contributed by atoms with Crippen molar-refractivity contribution in [1.82, 2.24) is 19.7 Å². The molecular weight excluding hydrogens is 368 g/mol. The van der Waals surface area contributed by atoms with Crippen LogP contribution in [0.25, 0.3) is 16.9 Å². The second-order valence-electron chi connectivity index (χ2n) is 6.12. The summed E-state index contributed by atoms with van der Waals surface area (Å²) in [6.45, 7) is 7.16. The van der Waals surface area contributed by atoms with Crippen molar-refractivity contribution in [2.75, 3.05) is 6.54 Å². The molecule has 1 N–H and O–H groups in total. The van der Waals surface area contributed by atoms with Gasteiger partial charge >= 0.3 is 0 Å². The van der Waals surface area contributed by atoms with Gasteiger partial charge in [0.2, 0.25) is 10.0 Å². The lowest BCUT2D eigenvalue weighted by molar-refractivity contribution is 0.392. The van der Waals surface area contributed by atoms with Crippen molar-refractivity contribution in [2.45, 2.75) is 32.6 Å². The van der Waals surface area contributed by atoms with E-state index >= 15 is 0 Å². The Bertz CT molecular complexity index is 1140. The number of nitrogens with zero attached hydrogens (tertiary/aromatic N) is 3. The summed E-state index contributed by atoms with van der Waals surface area (Å²) >= 11 is 0. The van der Waals surface area contributed by atoms with E-state index in [1.165, 1.54) is 10.7 Å². The fraction of sp³-hybridized carbons (Fsp3) is 0.278. The predicted molar refractivity (Wildman–Crippen MR) is 100 cm³/mol. The van der Waals surface area contributed by atoms with E-state index in [-0.39, 0.29) is 10.5 Å². The molecule has 27 heavy (non-hydrogen) atoms. The first-order chi connectivity index (χ1) is 12.7. The maximum absolute atomic E-state index is 12.4. The molecule has 2 aromatic heterocycles. The summed E-state index contributed by atoms with van der Waals surface area (Å²) in [5.41, 5.74) is 2.35. The quantitative estimate of drug-likeness (QED) is 0.717. The second kappa shape index (κ2) is 7.09. The first kappa shape index (κ1) is 19.0. The number of nitrogens with one attached hydrogen (secondary N) is 1. The molecular formula is C18H20N4O4S. The van der Waals surface area contributed by atoms with E-state index in [0.717, 1.165) is 0 Å². The number of hydrogen-bond donors (Lipinski definition) is 1. The van der Waals surface area contributed by atoms with E-state index in [4.69, 9.17) is 4.52 Å². The van der Waals surface area contributed by atoms with Crippen molar-refractivity contribution in [3.8, 4) is 16.9 Å². The van der Waals surface area contributed by atoms with Crippen LogP contribution in [0, 0.1) is 20.8 Å². The second-order valence-corrected chi connectivity index (χ2v) is 7.86. The SMILES string of the molecule is CCNS(=O)(=O)c1cc(-c2ccc(=O)n(-c3c(C)noc3C)n2)ccc1C. The highest BCUT2D eigenvalue weighted by atomic mass is 32.2. The molecule has 0 bridgehead atoms. The molecule has 1 aromatic carbocycles. The number of aryl methyl sites for hydroxylation is 3. The molecule has 0 unspecified atom stereocenters. The molecule has 0 atom stereocenters. The molecule has 3 aromatic rings. The van der Waals surface area contributed by atoms with Crippen LogP contribution >= 0.6 is 0 Å². The van der Waals surface area contributed by atoms with Crippen molar-refractivity contribution in [3.05, 3.63) is 57.7 Å². The average molecular weight is 388 g/mol. The van der Waals surface area contributed by atoms with Crippen LogP contribution in [0.1, 0.15) is 23.9 Å². The summed E-state index contributed by atoms with van der Waals surface area (Å²) in [4.78, 5) is 12.5. The molecule has 0 amide bonds. The maximum atomic E-state index is 12.4. The van der Waals surface area contributed by atoms with Gasteiger partial charge in [0.1, 0.15) is 11.4 Å². The minimum atomic E-state index is -3.62. The smallest absolute Gasteiger partial charge is 0.271 e. The van der Waals surface area contributed by atoms with Crippen LogP contribution in [-0.2, 0) is 10.0 Å². The van der Waals surface area contributed by atoms with Crippen molar-refractivity contribution >= 4 is 10.0 Å². The molecule has 0 fully saturated rings. The fourth-order valence-corrected chi connectivity index (χ4v) is 4.13. The van der Waals surface area contributed by atoms with Crippen LogP contribution in [0.3, 0.4) is 0 Å². The zero-order valence-corrected chi connectivity index (χ0v) is 16.3. The Balaban J connectivity index is 2.16. The third-order valence-corrected chi connectivity index (χ3v) is 5.80. The van der Waals surface area contributed by atoms with Crippen molar-refractivity contribution in [1.29, 1.82) is 0 Å². The molecule has 0 saturated carbocycles. The Hall–Kier alpha value is -2.78. The third-order valence-electron chi connectivity index (χ3n) is 4.12. The zero-order valence-electron chi connectivity index (χ0n) is 15.5. The summed E-state index contributed by atoms with van der Waals surface area (Å²) in [6, 6.07) is 7.98. The molecule has 3 rings (SSSR count). The predicted octanol–water partition coefficient (Wildman–Crippen LogP) is 2.11. The van der Waals surface area contributed by atoms with Crippen molar-refractivity contribution < 1.29 is 12.9 Å². The van der Waals surface area contributed by atoms with Crippen LogP contribution < -0.4 is 10.3 Å². The number of rotatable bonds is 5. The highest BCUT2D eigenvalue weighted by molar-refractivity contribution is 7.89. The molecule has 8 nitrogen and oxygen atoms in total. The summed E-state index contributed by atoms with van der Waals surface area (Å²) in [5, 5.41) is 8.25. The molecule has 0 aliphatic rings. The van der Waals surface area contributed by atoms with Crippen molar-refractivity contribution in [3.63, 3.8) is 0 Å². The van der Waals surface area contributed by atoms with E-state index in [0.29, 0.717) is 40.5 Å². The van der Waals surface area contributed by atoms with Gasteiger partial charge in [-0.05, 0) is 38.5 Å². The average Bonchev–Trinajstić information content (AvgIpc) is 2.94. The summed E-state index contributed by atoms with van der Waals surface area (Å²) in [5.74, 6) is 0.471. The highest BCUT2D eigenvalue weighted by Crippen LogP contribution is 2.24. The van der Waals surface area contributed by atoms with E-state index in [1.54, 1.807) is 52.0 Å². The van der Waals surface area contributed by atoms with Gasteiger partial charge in [0.15, 0.2) is 5.76 Å². The lowest BCUT2D eigenvalue weighted by Crippen LogP contribution is -2.24.